The number of hydrogen-bond donors (Lipinski definition) is 1. The third-order valence-corrected chi connectivity index (χ3v) is 7.71. The zero-order valence-electron chi connectivity index (χ0n) is 18.2. The highest BCUT2D eigenvalue weighted by Crippen LogP contribution is 2.43. The van der Waals surface area contributed by atoms with E-state index in [1.807, 2.05) is 10.3 Å². The van der Waals surface area contributed by atoms with Crippen molar-refractivity contribution in [1.29, 1.82) is 0 Å². The molecule has 2 aliphatic heterocycles. The van der Waals surface area contributed by atoms with Gasteiger partial charge < -0.3 is 9.64 Å². The maximum atomic E-state index is 13.8. The number of allylic oxidation sites excluding steroid dienone is 1. The Labute approximate surface area is 208 Å². The summed E-state index contributed by atoms with van der Waals surface area (Å²) in [7, 11) is -2.51. The van der Waals surface area contributed by atoms with E-state index in [1.54, 1.807) is 19.2 Å². The van der Waals surface area contributed by atoms with E-state index >= 15 is 0 Å². The van der Waals surface area contributed by atoms with Crippen LogP contribution in [0.1, 0.15) is 30.0 Å². The molecule has 1 N–H and O–H groups in total. The fraction of sp³-hybridized carbons (Fsp3) is 0.333. The average molecular weight is 570 g/mol. The van der Waals surface area contributed by atoms with Gasteiger partial charge in [0, 0.05) is 47.5 Å². The van der Waals surface area contributed by atoms with Crippen LogP contribution in [0.15, 0.2) is 54.9 Å². The number of carbonyl (C=O) groups excluding carboxylic acids is 1. The first kappa shape index (κ1) is 24.6. The van der Waals surface area contributed by atoms with Gasteiger partial charge in [0.1, 0.15) is 11.9 Å². The van der Waals surface area contributed by atoms with Gasteiger partial charge in [-0.2, -0.15) is 17.5 Å². The summed E-state index contributed by atoms with van der Waals surface area (Å²) in [4.78, 5) is 24.3. The van der Waals surface area contributed by atoms with Gasteiger partial charge in [-0.1, -0.05) is 22.0 Å². The van der Waals surface area contributed by atoms with Crippen molar-refractivity contribution in [3.63, 3.8) is 0 Å². The van der Waals surface area contributed by atoms with Gasteiger partial charge in [0.2, 0.25) is 0 Å². The summed E-state index contributed by atoms with van der Waals surface area (Å²) in [6, 6.07) is 3.44. The van der Waals surface area contributed by atoms with E-state index in [9.17, 15) is 17.6 Å². The van der Waals surface area contributed by atoms with Crippen molar-refractivity contribution in [2.45, 2.75) is 19.4 Å². The molecular weight excluding hydrogens is 549 g/mol. The summed E-state index contributed by atoms with van der Waals surface area (Å²) in [6.45, 7) is 2.24. The number of fused-ring (bicyclic) bond motifs is 1. The van der Waals surface area contributed by atoms with Gasteiger partial charge in [-0.05, 0) is 31.0 Å². The lowest BCUT2D eigenvalue weighted by molar-refractivity contribution is -0.139. The van der Waals surface area contributed by atoms with Crippen LogP contribution in [-0.2, 0) is 19.7 Å². The first-order valence-electron chi connectivity index (χ1n) is 10.3. The van der Waals surface area contributed by atoms with Crippen molar-refractivity contribution in [2.75, 3.05) is 20.2 Å². The van der Waals surface area contributed by atoms with Crippen LogP contribution in [0.5, 0.6) is 0 Å². The standard InChI is InChI=1S/C21H21BrFN5O4S2/c1-3-32-21(29)17-16-8-12(10-26-34(30,31)24-2)11-28(16)19(20-25-6-7-33-20)27-18(17)14-5-4-13(23)9-15(14)22/h4-7,9-10,12,18,24H,3,8,11H2,1-2H3/b26-10+/t12?,18-/m0/s1. The molecule has 3 heterocycles. The predicted molar refractivity (Wildman–Crippen MR) is 130 cm³/mol. The summed E-state index contributed by atoms with van der Waals surface area (Å²) in [5.41, 5.74) is 1.57. The van der Waals surface area contributed by atoms with Crippen LogP contribution >= 0.6 is 27.3 Å². The number of benzene rings is 1. The number of nitrogens with zero attached hydrogens (tertiary/aromatic N) is 4. The summed E-state index contributed by atoms with van der Waals surface area (Å²) >= 11 is 4.79. The Hall–Kier alpha value is -2.48. The normalized spacial score (nSPS) is 20.6. The fourth-order valence-electron chi connectivity index (χ4n) is 3.86. The number of thiazole rings is 1. The Morgan fingerprint density at radius 2 is 2.26 bits per heavy atom. The predicted octanol–water partition coefficient (Wildman–Crippen LogP) is 3.22. The molecule has 0 amide bonds. The van der Waals surface area contributed by atoms with Crippen LogP contribution in [0.3, 0.4) is 0 Å². The Morgan fingerprint density at radius 1 is 1.47 bits per heavy atom. The van der Waals surface area contributed by atoms with E-state index in [1.165, 1.54) is 36.7 Å². The molecule has 180 valence electrons. The molecule has 1 saturated heterocycles. The second-order valence-corrected chi connectivity index (χ2v) is 10.8. The minimum Gasteiger partial charge on any atom is -0.463 e. The molecular formula is C21H21BrFN5O4S2. The van der Waals surface area contributed by atoms with Gasteiger partial charge in [0.15, 0.2) is 10.8 Å². The number of amidine groups is 1. The average Bonchev–Trinajstić information content (AvgIpc) is 3.47. The molecule has 0 aliphatic carbocycles. The maximum absolute atomic E-state index is 13.8. The number of nitrogens with one attached hydrogen (secondary N) is 1. The molecule has 2 aromatic rings. The van der Waals surface area contributed by atoms with Crippen molar-refractivity contribution < 1.29 is 22.3 Å². The van der Waals surface area contributed by atoms with E-state index in [-0.39, 0.29) is 12.5 Å². The van der Waals surface area contributed by atoms with Crippen LogP contribution in [0.4, 0.5) is 4.39 Å². The Kier molecular flexibility index (Phi) is 7.26. The quantitative estimate of drug-likeness (QED) is 0.404. The second kappa shape index (κ2) is 10.0. The molecule has 0 radical (unpaired) electrons. The van der Waals surface area contributed by atoms with Crippen LogP contribution < -0.4 is 4.72 Å². The molecule has 13 heteroatoms. The van der Waals surface area contributed by atoms with E-state index in [0.717, 1.165) is 0 Å². The summed E-state index contributed by atoms with van der Waals surface area (Å²) in [5.74, 6) is -0.716. The smallest absolute Gasteiger partial charge is 0.338 e. The molecule has 1 aromatic heterocycles. The molecule has 2 aliphatic rings. The third kappa shape index (κ3) is 4.97. The topological polar surface area (TPSA) is 113 Å². The molecule has 34 heavy (non-hydrogen) atoms. The highest BCUT2D eigenvalue weighted by atomic mass is 79.9. The molecule has 0 bridgehead atoms. The summed E-state index contributed by atoms with van der Waals surface area (Å²) < 4.78 is 49.1. The number of carbonyl (C=O) groups is 1. The van der Waals surface area contributed by atoms with Crippen LogP contribution in [0.25, 0.3) is 0 Å². The minimum absolute atomic E-state index is 0.168. The first-order chi connectivity index (χ1) is 16.2. The molecule has 0 saturated carbocycles. The summed E-state index contributed by atoms with van der Waals surface area (Å²) in [5, 5.41) is 2.46. The first-order valence-corrected chi connectivity index (χ1v) is 13.4. The van der Waals surface area contributed by atoms with E-state index in [2.05, 4.69) is 30.0 Å². The lowest BCUT2D eigenvalue weighted by Gasteiger charge is -2.31. The highest BCUT2D eigenvalue weighted by Gasteiger charge is 2.42. The third-order valence-electron chi connectivity index (χ3n) is 5.33. The second-order valence-electron chi connectivity index (χ2n) is 7.45. The van der Waals surface area contributed by atoms with Gasteiger partial charge in [-0.15, -0.1) is 11.3 Å². The van der Waals surface area contributed by atoms with Gasteiger partial charge in [0.05, 0.1) is 12.2 Å². The largest absolute Gasteiger partial charge is 0.463 e. The Balaban J connectivity index is 1.86. The SMILES string of the molecule is CCOC(=O)C1=C2CC(/C=N/S(=O)(=O)NC)CN2C(c2nccs2)=N[C@H]1c1ccc(F)cc1Br. The molecule has 1 aromatic carbocycles. The minimum atomic E-state index is -3.79. The van der Waals surface area contributed by atoms with Crippen molar-refractivity contribution in [3.8, 4) is 0 Å². The number of aliphatic imine (C=N–C) groups is 1. The monoisotopic (exact) mass is 569 g/mol. The van der Waals surface area contributed by atoms with Crippen LogP contribution in [0.2, 0.25) is 0 Å². The zero-order chi connectivity index (χ0) is 24.5. The van der Waals surface area contributed by atoms with Gasteiger partial charge in [-0.3, -0.25) is 4.99 Å². The highest BCUT2D eigenvalue weighted by molar-refractivity contribution is 9.10. The van der Waals surface area contributed by atoms with E-state index < -0.39 is 28.0 Å². The molecule has 9 nitrogen and oxygen atoms in total. The number of halogens is 2. The zero-order valence-corrected chi connectivity index (χ0v) is 21.5. The fourth-order valence-corrected chi connectivity index (χ4v) is 5.51. The van der Waals surface area contributed by atoms with Gasteiger partial charge in [-0.25, -0.2) is 14.2 Å². The lowest BCUT2D eigenvalue weighted by Crippen LogP contribution is -2.35. The Bertz CT molecular complexity index is 1290. The van der Waals surface area contributed by atoms with Gasteiger partial charge >= 0.3 is 16.2 Å². The maximum Gasteiger partial charge on any atom is 0.338 e. The Morgan fingerprint density at radius 3 is 2.91 bits per heavy atom. The molecule has 4 rings (SSSR count). The number of rotatable bonds is 7. The number of ether oxygens (including phenoxy) is 1. The molecule has 0 spiro atoms. The van der Waals surface area contributed by atoms with E-state index in [4.69, 9.17) is 9.73 Å². The summed E-state index contributed by atoms with van der Waals surface area (Å²) in [6.07, 6.45) is 3.36. The van der Waals surface area contributed by atoms with Gasteiger partial charge in [0.25, 0.3) is 0 Å². The van der Waals surface area contributed by atoms with Crippen molar-refractivity contribution in [1.82, 2.24) is 14.6 Å². The van der Waals surface area contributed by atoms with Crippen LogP contribution in [0, 0.1) is 11.7 Å². The lowest BCUT2D eigenvalue weighted by atomic mass is 9.94. The van der Waals surface area contributed by atoms with Crippen molar-refractivity contribution in [3.05, 3.63) is 61.9 Å². The van der Waals surface area contributed by atoms with Crippen molar-refractivity contribution in [2.24, 2.45) is 15.3 Å². The number of aromatic nitrogens is 1. The molecule has 1 unspecified atom stereocenters. The molecule has 2 atom stereocenters. The number of hydrogen-bond acceptors (Lipinski definition) is 8. The molecule has 1 fully saturated rings. The number of esters is 1. The van der Waals surface area contributed by atoms with Crippen molar-refractivity contribution >= 4 is 55.5 Å². The van der Waals surface area contributed by atoms with Crippen LogP contribution in [-0.4, -0.2) is 56.5 Å². The van der Waals surface area contributed by atoms with E-state index in [0.29, 0.717) is 45.1 Å².